The highest BCUT2D eigenvalue weighted by molar-refractivity contribution is 7.93. The number of sulfonamides is 1. The van der Waals surface area contributed by atoms with Crippen molar-refractivity contribution < 1.29 is 22.7 Å². The van der Waals surface area contributed by atoms with E-state index in [0.29, 0.717) is 24.8 Å². The van der Waals surface area contributed by atoms with Crippen molar-refractivity contribution in [3.8, 4) is 0 Å². The van der Waals surface area contributed by atoms with Crippen LogP contribution < -0.4 is 4.72 Å². The number of carbonyl (C=O) groups excluding carboxylic acids is 2. The second-order valence-corrected chi connectivity index (χ2v) is 7.41. The number of ether oxygens (including phenoxy) is 1. The van der Waals surface area contributed by atoms with Crippen molar-refractivity contribution in [2.45, 2.75) is 38.4 Å². The summed E-state index contributed by atoms with van der Waals surface area (Å²) in [6.07, 6.45) is 3.28. The molecule has 1 unspecified atom stereocenters. The Labute approximate surface area is 141 Å². The SMILES string of the molecule is CCOC(=O)C1=CCCCC1S(=O)(=O)Nc1ccccc1C(C)=O. The minimum absolute atomic E-state index is 0.163. The van der Waals surface area contributed by atoms with Crippen molar-refractivity contribution in [1.82, 2.24) is 0 Å². The Kier molecular flexibility index (Phi) is 5.77. The lowest BCUT2D eigenvalue weighted by Gasteiger charge is -2.24. The van der Waals surface area contributed by atoms with Gasteiger partial charge in [0.2, 0.25) is 10.0 Å². The fraction of sp³-hybridized carbons (Fsp3) is 0.412. The summed E-state index contributed by atoms with van der Waals surface area (Å²) in [5, 5.41) is -0.981. The highest BCUT2D eigenvalue weighted by atomic mass is 32.2. The van der Waals surface area contributed by atoms with Crippen molar-refractivity contribution in [3.05, 3.63) is 41.5 Å². The molecule has 1 aromatic carbocycles. The molecule has 0 saturated heterocycles. The van der Waals surface area contributed by atoms with Crippen LogP contribution in [0.15, 0.2) is 35.9 Å². The number of hydrogen-bond donors (Lipinski definition) is 1. The lowest BCUT2D eigenvalue weighted by Crippen LogP contribution is -2.35. The summed E-state index contributed by atoms with van der Waals surface area (Å²) in [5.41, 5.74) is 0.674. The van der Waals surface area contributed by atoms with Gasteiger partial charge in [0.25, 0.3) is 0 Å². The third-order valence-corrected chi connectivity index (χ3v) is 5.57. The standard InChI is InChI=1S/C17H21NO5S/c1-3-23-17(20)14-9-5-7-11-16(14)24(21,22)18-15-10-6-4-8-13(15)12(2)19/h4,6,8-10,16,18H,3,5,7,11H2,1-2H3. The van der Waals surface area contributed by atoms with Gasteiger partial charge in [-0.1, -0.05) is 18.2 Å². The van der Waals surface area contributed by atoms with Crippen LogP contribution in [0, 0.1) is 0 Å². The molecule has 1 aliphatic rings. The molecule has 0 spiro atoms. The van der Waals surface area contributed by atoms with Crippen molar-refractivity contribution in [2.24, 2.45) is 0 Å². The van der Waals surface area contributed by atoms with Gasteiger partial charge in [-0.15, -0.1) is 0 Å². The smallest absolute Gasteiger partial charge is 0.335 e. The molecule has 0 amide bonds. The van der Waals surface area contributed by atoms with Crippen molar-refractivity contribution in [1.29, 1.82) is 0 Å². The molecule has 24 heavy (non-hydrogen) atoms. The predicted octanol–water partition coefficient (Wildman–Crippen LogP) is 2.67. The first-order valence-electron chi connectivity index (χ1n) is 7.85. The van der Waals surface area contributed by atoms with Gasteiger partial charge in [0.1, 0.15) is 5.25 Å². The molecule has 0 radical (unpaired) electrons. The minimum Gasteiger partial charge on any atom is -0.463 e. The van der Waals surface area contributed by atoms with Crippen LogP contribution in [0.1, 0.15) is 43.5 Å². The van der Waals surface area contributed by atoms with Gasteiger partial charge < -0.3 is 4.74 Å². The highest BCUT2D eigenvalue weighted by Gasteiger charge is 2.35. The van der Waals surface area contributed by atoms with Crippen molar-refractivity contribution >= 4 is 27.5 Å². The van der Waals surface area contributed by atoms with Crippen molar-refractivity contribution in [3.63, 3.8) is 0 Å². The molecule has 1 aliphatic carbocycles. The van der Waals surface area contributed by atoms with Gasteiger partial charge in [-0.2, -0.15) is 0 Å². The molecule has 0 aliphatic heterocycles. The summed E-state index contributed by atoms with van der Waals surface area (Å²) in [4.78, 5) is 23.7. The molecule has 0 fully saturated rings. The van der Waals surface area contributed by atoms with E-state index in [0.717, 1.165) is 0 Å². The second-order valence-electron chi connectivity index (χ2n) is 5.55. The lowest BCUT2D eigenvalue weighted by molar-refractivity contribution is -0.138. The molecular formula is C17H21NO5S. The number of rotatable bonds is 6. The van der Waals surface area contributed by atoms with E-state index in [1.54, 1.807) is 31.2 Å². The maximum Gasteiger partial charge on any atom is 0.335 e. The van der Waals surface area contributed by atoms with E-state index < -0.39 is 21.2 Å². The van der Waals surface area contributed by atoms with Gasteiger partial charge in [-0.25, -0.2) is 13.2 Å². The summed E-state index contributed by atoms with van der Waals surface area (Å²) in [6.45, 7) is 3.23. The van der Waals surface area contributed by atoms with Crippen LogP contribution in [0.2, 0.25) is 0 Å². The zero-order valence-electron chi connectivity index (χ0n) is 13.7. The third kappa shape index (κ3) is 4.03. The van der Waals surface area contributed by atoms with Crippen LogP contribution in [0.3, 0.4) is 0 Å². The number of ketones is 1. The molecule has 1 aromatic rings. The second kappa shape index (κ2) is 7.61. The quantitative estimate of drug-likeness (QED) is 0.629. The maximum atomic E-state index is 12.8. The normalized spacial score (nSPS) is 17.8. The zero-order valence-corrected chi connectivity index (χ0v) is 14.6. The molecule has 0 bridgehead atoms. The Bertz CT molecular complexity index is 767. The Morgan fingerprint density at radius 2 is 2.00 bits per heavy atom. The van der Waals surface area contributed by atoms with Crippen LogP contribution in [-0.4, -0.2) is 32.0 Å². The molecular weight excluding hydrogens is 330 g/mol. The molecule has 0 heterocycles. The van der Waals surface area contributed by atoms with E-state index in [1.165, 1.54) is 13.0 Å². The van der Waals surface area contributed by atoms with Gasteiger partial charge >= 0.3 is 5.97 Å². The first-order chi connectivity index (χ1) is 11.4. The van der Waals surface area contributed by atoms with Gasteiger partial charge in [0.15, 0.2) is 5.78 Å². The van der Waals surface area contributed by atoms with E-state index >= 15 is 0 Å². The Morgan fingerprint density at radius 3 is 2.67 bits per heavy atom. The number of hydrogen-bond acceptors (Lipinski definition) is 5. The Hall–Kier alpha value is -2.15. The van der Waals surface area contributed by atoms with E-state index in [2.05, 4.69) is 4.72 Å². The van der Waals surface area contributed by atoms with E-state index in [9.17, 15) is 18.0 Å². The summed E-state index contributed by atoms with van der Waals surface area (Å²) >= 11 is 0. The Balaban J connectivity index is 2.33. The monoisotopic (exact) mass is 351 g/mol. The summed E-state index contributed by atoms with van der Waals surface area (Å²) in [5.74, 6) is -0.842. The van der Waals surface area contributed by atoms with Gasteiger partial charge in [0.05, 0.1) is 17.9 Å². The third-order valence-electron chi connectivity index (χ3n) is 3.83. The zero-order chi connectivity index (χ0) is 17.7. The number of nitrogens with one attached hydrogen (secondary N) is 1. The lowest BCUT2D eigenvalue weighted by atomic mass is 9.99. The first kappa shape index (κ1) is 18.2. The summed E-state index contributed by atoms with van der Waals surface area (Å²) < 4.78 is 33.0. The molecule has 1 atom stereocenters. The number of Topliss-reactive ketones (excluding diaryl/α,β-unsaturated/α-hetero) is 1. The molecule has 130 valence electrons. The average Bonchev–Trinajstić information content (AvgIpc) is 2.55. The molecule has 1 N–H and O–H groups in total. The average molecular weight is 351 g/mol. The predicted molar refractivity (Wildman–Crippen MR) is 91.3 cm³/mol. The van der Waals surface area contributed by atoms with Crippen molar-refractivity contribution in [2.75, 3.05) is 11.3 Å². The summed E-state index contributed by atoms with van der Waals surface area (Å²) in [7, 11) is -3.88. The van der Waals surface area contributed by atoms with Crippen LogP contribution in [0.5, 0.6) is 0 Å². The van der Waals surface area contributed by atoms with E-state index in [1.807, 2.05) is 0 Å². The minimum atomic E-state index is -3.88. The molecule has 2 rings (SSSR count). The molecule has 6 nitrogen and oxygen atoms in total. The number of carbonyl (C=O) groups is 2. The fourth-order valence-electron chi connectivity index (χ4n) is 2.70. The van der Waals surface area contributed by atoms with Crippen LogP contribution in [0.4, 0.5) is 5.69 Å². The van der Waals surface area contributed by atoms with Crippen LogP contribution in [0.25, 0.3) is 0 Å². The maximum absolute atomic E-state index is 12.8. The van der Waals surface area contributed by atoms with E-state index in [4.69, 9.17) is 4.74 Å². The largest absolute Gasteiger partial charge is 0.463 e. The van der Waals surface area contributed by atoms with E-state index in [-0.39, 0.29) is 23.7 Å². The topological polar surface area (TPSA) is 89.5 Å². The highest BCUT2D eigenvalue weighted by Crippen LogP contribution is 2.28. The van der Waals surface area contributed by atoms with Crippen LogP contribution >= 0.6 is 0 Å². The Morgan fingerprint density at radius 1 is 1.29 bits per heavy atom. The van der Waals surface area contributed by atoms with Gasteiger partial charge in [-0.05, 0) is 45.2 Å². The number of anilines is 1. The van der Waals surface area contributed by atoms with Gasteiger partial charge in [0, 0.05) is 5.56 Å². The molecule has 7 heteroatoms. The first-order valence-corrected chi connectivity index (χ1v) is 9.40. The number of benzene rings is 1. The fourth-order valence-corrected chi connectivity index (χ4v) is 4.33. The van der Waals surface area contributed by atoms with Gasteiger partial charge in [-0.3, -0.25) is 9.52 Å². The summed E-state index contributed by atoms with van der Waals surface area (Å²) in [6, 6.07) is 6.40. The molecule has 0 aromatic heterocycles. The number of para-hydroxylation sites is 1. The molecule has 0 saturated carbocycles. The number of allylic oxidation sites excluding steroid dienone is 1. The number of esters is 1. The van der Waals surface area contributed by atoms with Crippen LogP contribution in [-0.2, 0) is 19.6 Å².